The van der Waals surface area contributed by atoms with Gasteiger partial charge in [-0.2, -0.15) is 0 Å². The van der Waals surface area contributed by atoms with E-state index in [1.165, 1.54) is 17.0 Å². The third kappa shape index (κ3) is 2.99. The number of hydrogen-bond acceptors (Lipinski definition) is 6. The number of carbonyl (C=O) groups excluding carboxylic acids is 1. The van der Waals surface area contributed by atoms with Crippen molar-refractivity contribution in [3.8, 4) is 0 Å². The van der Waals surface area contributed by atoms with Gasteiger partial charge >= 0.3 is 5.82 Å². The molecule has 104 valence electrons. The van der Waals surface area contributed by atoms with E-state index in [4.69, 9.17) is 4.74 Å². The van der Waals surface area contributed by atoms with Gasteiger partial charge in [-0.15, -0.1) is 0 Å². The van der Waals surface area contributed by atoms with E-state index in [0.717, 1.165) is 0 Å². The Labute approximate surface area is 114 Å². The molecule has 0 saturated carbocycles. The second-order valence-electron chi connectivity index (χ2n) is 4.05. The molecule has 0 unspecified atom stereocenters. The van der Waals surface area contributed by atoms with Crippen molar-refractivity contribution in [3.05, 3.63) is 39.7 Å². The monoisotopic (exact) mass is 276 g/mol. The van der Waals surface area contributed by atoms with E-state index < -0.39 is 4.92 Å². The van der Waals surface area contributed by atoms with Crippen molar-refractivity contribution in [3.63, 3.8) is 0 Å². The molecule has 1 aliphatic rings. The number of allylic oxidation sites excluding steroid dienone is 2. The lowest BCUT2D eigenvalue weighted by molar-refractivity contribution is -0.392. The van der Waals surface area contributed by atoms with Crippen molar-refractivity contribution in [2.45, 2.75) is 19.9 Å². The summed E-state index contributed by atoms with van der Waals surface area (Å²) in [5, 5.41) is 10.8. The maximum atomic E-state index is 10.8. The van der Waals surface area contributed by atoms with Crippen molar-refractivity contribution in [1.82, 2.24) is 9.55 Å². The number of hydrogen-bond donors (Lipinski definition) is 0. The number of ether oxygens (including phenoxy) is 1. The molecule has 0 N–H and O–H groups in total. The summed E-state index contributed by atoms with van der Waals surface area (Å²) in [7, 11) is 0. The van der Waals surface area contributed by atoms with Gasteiger partial charge in [0.2, 0.25) is 5.88 Å². The second-order valence-corrected chi connectivity index (χ2v) is 4.05. The lowest BCUT2D eigenvalue weighted by Crippen LogP contribution is -2.10. The summed E-state index contributed by atoms with van der Waals surface area (Å²) in [6.07, 6.45) is 4.70. The van der Waals surface area contributed by atoms with Crippen LogP contribution in [0.25, 0.3) is 0 Å². The van der Waals surface area contributed by atoms with Crippen molar-refractivity contribution in [1.29, 1.82) is 0 Å². The van der Waals surface area contributed by atoms with Crippen molar-refractivity contribution in [2.75, 3.05) is 6.61 Å². The van der Waals surface area contributed by atoms with Gasteiger partial charge in [-0.05, 0) is 11.0 Å². The Morgan fingerprint density at radius 2 is 2.40 bits per heavy atom. The first-order chi connectivity index (χ1) is 9.61. The van der Waals surface area contributed by atoms with Gasteiger partial charge in [-0.3, -0.25) is 0 Å². The Bertz CT molecular complexity index is 638. The van der Waals surface area contributed by atoms with Gasteiger partial charge in [0.15, 0.2) is 5.82 Å². The third-order valence-electron chi connectivity index (χ3n) is 2.76. The summed E-state index contributed by atoms with van der Waals surface area (Å²) < 4.78 is 6.85. The van der Waals surface area contributed by atoms with Crippen molar-refractivity contribution >= 4 is 18.0 Å². The summed E-state index contributed by atoms with van der Waals surface area (Å²) in [6.45, 7) is 2.21. The molecule has 8 nitrogen and oxygen atoms in total. The first-order valence-corrected chi connectivity index (χ1v) is 5.89. The molecule has 8 heteroatoms. The number of imidazole rings is 1. The van der Waals surface area contributed by atoms with Crippen molar-refractivity contribution < 1.29 is 14.5 Å². The van der Waals surface area contributed by atoms with Crippen LogP contribution < -0.4 is 0 Å². The molecular formula is C12H12N4O4. The SMILES string of the molecule is Cc1ncc([N+](=O)[O-])n1CCOC1=CCC(=C=O)C=N1. The maximum absolute atomic E-state index is 10.8. The van der Waals surface area contributed by atoms with E-state index in [9.17, 15) is 14.9 Å². The van der Waals surface area contributed by atoms with Crippen LogP contribution in [-0.4, -0.2) is 33.2 Å². The van der Waals surface area contributed by atoms with Gasteiger partial charge in [0.05, 0.1) is 5.57 Å². The van der Waals surface area contributed by atoms with Crippen LogP contribution >= 0.6 is 0 Å². The summed E-state index contributed by atoms with van der Waals surface area (Å²) in [6, 6.07) is 0. The Hall–Kier alpha value is -2.73. The van der Waals surface area contributed by atoms with Gasteiger partial charge < -0.3 is 14.9 Å². The van der Waals surface area contributed by atoms with Crippen LogP contribution in [0.4, 0.5) is 5.82 Å². The van der Waals surface area contributed by atoms with E-state index in [1.807, 2.05) is 0 Å². The fourth-order valence-corrected chi connectivity index (χ4v) is 1.73. The molecule has 2 rings (SSSR count). The third-order valence-corrected chi connectivity index (χ3v) is 2.76. The predicted octanol–water partition coefficient (Wildman–Crippen LogP) is 1.19. The topological polar surface area (TPSA) is 99.6 Å². The van der Waals surface area contributed by atoms with Gasteiger partial charge in [-0.25, -0.2) is 19.3 Å². The molecule has 2 heterocycles. The minimum atomic E-state index is -0.487. The molecule has 0 spiro atoms. The molecule has 0 radical (unpaired) electrons. The summed E-state index contributed by atoms with van der Waals surface area (Å²) >= 11 is 0. The number of aromatic nitrogens is 2. The molecular weight excluding hydrogens is 264 g/mol. The largest absolute Gasteiger partial charge is 0.474 e. The fourth-order valence-electron chi connectivity index (χ4n) is 1.73. The Morgan fingerprint density at radius 1 is 1.60 bits per heavy atom. The molecule has 0 aliphatic carbocycles. The molecule has 0 atom stereocenters. The maximum Gasteiger partial charge on any atom is 0.342 e. The number of rotatable bonds is 5. The lowest BCUT2D eigenvalue weighted by Gasteiger charge is -2.09. The van der Waals surface area contributed by atoms with Crippen LogP contribution in [0, 0.1) is 17.0 Å². The van der Waals surface area contributed by atoms with Gasteiger partial charge in [-0.1, -0.05) is 0 Å². The van der Waals surface area contributed by atoms with Gasteiger partial charge in [0, 0.05) is 19.6 Å². The number of nitro groups is 1. The van der Waals surface area contributed by atoms with E-state index in [1.54, 1.807) is 18.9 Å². The van der Waals surface area contributed by atoms with E-state index in [0.29, 0.717) is 30.2 Å². The van der Waals surface area contributed by atoms with Crippen LogP contribution in [-0.2, 0) is 16.1 Å². The van der Waals surface area contributed by atoms with Crippen LogP contribution in [0.3, 0.4) is 0 Å². The quantitative estimate of drug-likeness (QED) is 0.457. The Balaban J connectivity index is 1.93. The number of nitrogens with zero attached hydrogens (tertiary/aromatic N) is 4. The first kappa shape index (κ1) is 13.7. The summed E-state index contributed by atoms with van der Waals surface area (Å²) in [4.78, 5) is 28.5. The molecule has 0 amide bonds. The lowest BCUT2D eigenvalue weighted by atomic mass is 10.2. The number of aryl methyl sites for hydroxylation is 1. The average Bonchev–Trinajstić information content (AvgIpc) is 2.81. The molecule has 0 fully saturated rings. The number of aliphatic imine (C=N–C) groups is 1. The van der Waals surface area contributed by atoms with Crippen LogP contribution in [0.5, 0.6) is 0 Å². The highest BCUT2D eigenvalue weighted by molar-refractivity contribution is 5.90. The zero-order chi connectivity index (χ0) is 14.5. The molecule has 20 heavy (non-hydrogen) atoms. The highest BCUT2D eigenvalue weighted by Crippen LogP contribution is 2.15. The van der Waals surface area contributed by atoms with Gasteiger partial charge in [0.1, 0.15) is 25.3 Å². The molecule has 1 aliphatic heterocycles. The van der Waals surface area contributed by atoms with Gasteiger partial charge in [0.25, 0.3) is 0 Å². The molecule has 1 aromatic heterocycles. The van der Waals surface area contributed by atoms with E-state index in [-0.39, 0.29) is 12.4 Å². The van der Waals surface area contributed by atoms with Crippen LogP contribution in [0.2, 0.25) is 0 Å². The smallest absolute Gasteiger partial charge is 0.342 e. The van der Waals surface area contributed by atoms with Crippen molar-refractivity contribution in [2.24, 2.45) is 4.99 Å². The zero-order valence-corrected chi connectivity index (χ0v) is 10.8. The van der Waals surface area contributed by atoms with Crippen LogP contribution in [0.15, 0.2) is 28.7 Å². The minimum absolute atomic E-state index is 0.0709. The highest BCUT2D eigenvalue weighted by atomic mass is 16.6. The van der Waals surface area contributed by atoms with Crippen LogP contribution in [0.1, 0.15) is 12.2 Å². The standard InChI is InChI=1S/C12H12N4O4/c1-9-13-7-12(16(18)19)15(9)4-5-20-11-3-2-10(8-17)6-14-11/h3,6-7H,2,4-5H2,1H3. The minimum Gasteiger partial charge on any atom is -0.474 e. The summed E-state index contributed by atoms with van der Waals surface area (Å²) in [5.41, 5.74) is 0.457. The summed E-state index contributed by atoms with van der Waals surface area (Å²) in [5.74, 6) is 2.63. The average molecular weight is 276 g/mol. The first-order valence-electron chi connectivity index (χ1n) is 5.89. The Kier molecular flexibility index (Phi) is 4.07. The second kappa shape index (κ2) is 5.94. The Morgan fingerprint density at radius 3 is 3.00 bits per heavy atom. The van der Waals surface area contributed by atoms with E-state index in [2.05, 4.69) is 9.98 Å². The molecule has 0 aromatic carbocycles. The van der Waals surface area contributed by atoms with E-state index >= 15 is 0 Å². The molecule has 0 saturated heterocycles. The highest BCUT2D eigenvalue weighted by Gasteiger charge is 2.17. The molecule has 1 aromatic rings. The normalized spacial score (nSPS) is 13.8. The predicted molar refractivity (Wildman–Crippen MR) is 70.0 cm³/mol. The zero-order valence-electron chi connectivity index (χ0n) is 10.8. The molecule has 0 bridgehead atoms. The fraction of sp³-hybridized carbons (Fsp3) is 0.333.